The van der Waals surface area contributed by atoms with E-state index in [9.17, 15) is 19.1 Å². The van der Waals surface area contributed by atoms with Crippen LogP contribution in [0.4, 0.5) is 8.78 Å². The van der Waals surface area contributed by atoms with Gasteiger partial charge in [-0.1, -0.05) is 36.3 Å². The number of aryl methyl sites for hydroxylation is 2. The zero-order valence-electron chi connectivity index (χ0n) is 21.5. The summed E-state index contributed by atoms with van der Waals surface area (Å²) >= 11 is 0. The fourth-order valence-electron chi connectivity index (χ4n) is 4.31. The maximum absolute atomic E-state index is 15.6. The molecule has 1 unspecified atom stereocenters. The Morgan fingerprint density at radius 3 is 2.50 bits per heavy atom. The molecular weight excluding hydrogens is 489 g/mol. The van der Waals surface area contributed by atoms with Gasteiger partial charge in [-0.25, -0.2) is 8.78 Å². The highest BCUT2D eigenvalue weighted by Crippen LogP contribution is 2.36. The van der Waals surface area contributed by atoms with E-state index in [1.165, 1.54) is 30.5 Å². The zero-order valence-corrected chi connectivity index (χ0v) is 21.5. The second kappa shape index (κ2) is 12.4. The Balaban J connectivity index is 2.10. The number of nitrogens with one attached hydrogen (secondary N) is 2. The first kappa shape index (κ1) is 28.4. The van der Waals surface area contributed by atoms with Crippen LogP contribution >= 0.6 is 0 Å². The van der Waals surface area contributed by atoms with Crippen molar-refractivity contribution in [3.8, 4) is 16.9 Å². The van der Waals surface area contributed by atoms with Gasteiger partial charge < -0.3 is 20.5 Å². The van der Waals surface area contributed by atoms with Crippen molar-refractivity contribution in [3.63, 3.8) is 0 Å². The summed E-state index contributed by atoms with van der Waals surface area (Å²) in [6, 6.07) is 9.42. The molecule has 0 heterocycles. The smallest absolute Gasteiger partial charge is 0.308 e. The Kier molecular flexibility index (Phi) is 9.28. The van der Waals surface area contributed by atoms with Crippen molar-refractivity contribution in [2.75, 3.05) is 6.61 Å². The van der Waals surface area contributed by atoms with Gasteiger partial charge in [-0.2, -0.15) is 0 Å². The maximum Gasteiger partial charge on any atom is 0.308 e. The highest BCUT2D eigenvalue weighted by molar-refractivity contribution is 6.32. The van der Waals surface area contributed by atoms with Gasteiger partial charge in [0.05, 0.1) is 19.1 Å². The van der Waals surface area contributed by atoms with E-state index >= 15 is 4.39 Å². The van der Waals surface area contributed by atoms with Gasteiger partial charge in [0.1, 0.15) is 31.3 Å². The van der Waals surface area contributed by atoms with Gasteiger partial charge in [0.25, 0.3) is 0 Å². The SMILES string of the molecule is [B]c1ccc(F)c(C(NC=C)C(=O)N[C@@H](CC(=O)OCC)c2cc(-c3c(C)cccc3O)cc(C)c2F)c1. The van der Waals surface area contributed by atoms with Crippen LogP contribution in [0.15, 0.2) is 61.3 Å². The summed E-state index contributed by atoms with van der Waals surface area (Å²) in [5.41, 5.74) is 2.18. The number of rotatable bonds is 10. The van der Waals surface area contributed by atoms with E-state index in [1.54, 1.807) is 39.0 Å². The molecule has 0 aliphatic carbocycles. The molecule has 3 rings (SSSR count). The van der Waals surface area contributed by atoms with Gasteiger partial charge in [0.2, 0.25) is 5.91 Å². The molecule has 9 heteroatoms. The molecular formula is C29H29BF2N2O4. The minimum absolute atomic E-state index is 0.000301. The number of carbonyl (C=O) groups excluding carboxylic acids is 2. The fraction of sp³-hybridized carbons (Fsp3) is 0.241. The van der Waals surface area contributed by atoms with E-state index in [1.807, 2.05) is 0 Å². The predicted octanol–water partition coefficient (Wildman–Crippen LogP) is 4.33. The second-order valence-corrected chi connectivity index (χ2v) is 8.82. The van der Waals surface area contributed by atoms with Crippen LogP contribution in [0.3, 0.4) is 0 Å². The first-order valence-electron chi connectivity index (χ1n) is 12.0. The molecule has 1 amide bonds. The van der Waals surface area contributed by atoms with E-state index in [-0.39, 0.29) is 40.9 Å². The number of hydrogen-bond acceptors (Lipinski definition) is 5. The maximum atomic E-state index is 15.6. The molecule has 3 N–H and O–H groups in total. The molecule has 0 saturated carbocycles. The Hall–Kier alpha value is -4.14. The number of phenolic OH excluding ortho intramolecular Hbond substituents is 1. The topological polar surface area (TPSA) is 87.7 Å². The molecule has 38 heavy (non-hydrogen) atoms. The van der Waals surface area contributed by atoms with Crippen LogP contribution in [0.25, 0.3) is 11.1 Å². The molecule has 0 fully saturated rings. The van der Waals surface area contributed by atoms with Gasteiger partial charge in [-0.3, -0.25) is 9.59 Å². The van der Waals surface area contributed by atoms with Gasteiger partial charge in [0.15, 0.2) is 0 Å². The monoisotopic (exact) mass is 518 g/mol. The number of amides is 1. The average molecular weight is 518 g/mol. The van der Waals surface area contributed by atoms with E-state index in [0.717, 1.165) is 11.6 Å². The molecule has 196 valence electrons. The summed E-state index contributed by atoms with van der Waals surface area (Å²) in [6.07, 6.45) is 0.832. The minimum atomic E-state index is -1.27. The average Bonchev–Trinajstić information content (AvgIpc) is 2.85. The third-order valence-electron chi connectivity index (χ3n) is 6.07. The van der Waals surface area contributed by atoms with Gasteiger partial charge >= 0.3 is 5.97 Å². The molecule has 6 nitrogen and oxygen atoms in total. The molecule has 3 aromatic rings. The van der Waals surface area contributed by atoms with Crippen LogP contribution in [0.1, 0.15) is 47.7 Å². The van der Waals surface area contributed by atoms with Crippen LogP contribution in [0.2, 0.25) is 0 Å². The Morgan fingerprint density at radius 1 is 1.11 bits per heavy atom. The van der Waals surface area contributed by atoms with Crippen molar-refractivity contribution in [1.29, 1.82) is 0 Å². The van der Waals surface area contributed by atoms with E-state index in [0.29, 0.717) is 11.1 Å². The van der Waals surface area contributed by atoms with E-state index < -0.39 is 35.6 Å². The molecule has 2 atom stereocenters. The third kappa shape index (κ3) is 6.40. The van der Waals surface area contributed by atoms with Crippen molar-refractivity contribution in [1.82, 2.24) is 10.6 Å². The number of benzene rings is 3. The highest BCUT2D eigenvalue weighted by atomic mass is 19.1. The van der Waals surface area contributed by atoms with Crippen molar-refractivity contribution in [2.45, 2.75) is 39.3 Å². The number of carbonyl (C=O) groups is 2. The van der Waals surface area contributed by atoms with Crippen molar-refractivity contribution < 1.29 is 28.2 Å². The second-order valence-electron chi connectivity index (χ2n) is 8.82. The summed E-state index contributed by atoms with van der Waals surface area (Å²) in [7, 11) is 5.80. The number of ether oxygens (including phenoxy) is 1. The summed E-state index contributed by atoms with van der Waals surface area (Å²) in [5, 5.41) is 15.9. The molecule has 0 spiro atoms. The van der Waals surface area contributed by atoms with Crippen molar-refractivity contribution >= 4 is 25.2 Å². The first-order chi connectivity index (χ1) is 18.1. The number of aromatic hydroxyl groups is 1. The largest absolute Gasteiger partial charge is 0.507 e. The van der Waals surface area contributed by atoms with Crippen LogP contribution in [0.5, 0.6) is 5.75 Å². The van der Waals surface area contributed by atoms with Crippen LogP contribution in [0, 0.1) is 25.5 Å². The lowest BCUT2D eigenvalue weighted by Crippen LogP contribution is -2.39. The van der Waals surface area contributed by atoms with E-state index in [2.05, 4.69) is 17.2 Å². The fourth-order valence-corrected chi connectivity index (χ4v) is 4.31. The number of hydrogen-bond donors (Lipinski definition) is 3. The lowest BCUT2D eigenvalue weighted by molar-refractivity contribution is -0.143. The molecule has 0 aliphatic heterocycles. The quantitative estimate of drug-likeness (QED) is 0.275. The molecule has 3 aromatic carbocycles. The molecule has 0 saturated heterocycles. The zero-order chi connectivity index (χ0) is 28.0. The summed E-state index contributed by atoms with van der Waals surface area (Å²) in [6.45, 7) is 8.62. The lowest BCUT2D eigenvalue weighted by atomic mass is 9.91. The van der Waals surface area contributed by atoms with Crippen molar-refractivity contribution in [2.24, 2.45) is 0 Å². The molecule has 0 aliphatic rings. The molecule has 2 radical (unpaired) electrons. The lowest BCUT2D eigenvalue weighted by Gasteiger charge is -2.25. The predicted molar refractivity (Wildman–Crippen MR) is 143 cm³/mol. The number of esters is 1. The molecule has 0 bridgehead atoms. The first-order valence-corrected chi connectivity index (χ1v) is 12.0. The van der Waals surface area contributed by atoms with Gasteiger partial charge in [-0.05, 0) is 67.9 Å². The highest BCUT2D eigenvalue weighted by Gasteiger charge is 2.29. The third-order valence-corrected chi connectivity index (χ3v) is 6.07. The summed E-state index contributed by atoms with van der Waals surface area (Å²) in [5.74, 6) is -2.73. The Bertz CT molecular complexity index is 1340. The standard InChI is InChI=1S/C29H29BF2N2O4/c1-5-33-28(20-14-19(30)10-11-22(20)31)29(37)34-23(15-25(36)38-6-2)21-13-18(12-17(4)27(21)32)26-16(3)8-7-9-24(26)35/h5,7-14,23,28,33,35H,1,6,15H2,2-4H3,(H,34,37)/t23-,28?/m0/s1. The molecule has 0 aromatic heterocycles. The summed E-state index contributed by atoms with van der Waals surface area (Å²) < 4.78 is 35.3. The van der Waals surface area contributed by atoms with Gasteiger partial charge in [-0.15, -0.1) is 0 Å². The van der Waals surface area contributed by atoms with Crippen LogP contribution in [-0.2, 0) is 14.3 Å². The summed E-state index contributed by atoms with van der Waals surface area (Å²) in [4.78, 5) is 25.9. The Morgan fingerprint density at radius 2 is 1.84 bits per heavy atom. The van der Waals surface area contributed by atoms with Crippen LogP contribution in [-0.4, -0.2) is 31.4 Å². The van der Waals surface area contributed by atoms with Crippen LogP contribution < -0.4 is 16.1 Å². The Labute approximate surface area is 222 Å². The minimum Gasteiger partial charge on any atom is -0.507 e. The normalized spacial score (nSPS) is 12.3. The number of halogens is 2. The number of phenols is 1. The van der Waals surface area contributed by atoms with Gasteiger partial charge in [0, 0.05) is 16.7 Å². The van der Waals surface area contributed by atoms with E-state index in [4.69, 9.17) is 12.6 Å². The van der Waals surface area contributed by atoms with Crippen molar-refractivity contribution in [3.05, 3.63) is 95.2 Å².